The van der Waals surface area contributed by atoms with Crippen LogP contribution in [0.1, 0.15) is 42.7 Å². The van der Waals surface area contributed by atoms with Crippen LogP contribution in [0.4, 0.5) is 0 Å². The Hall–Kier alpha value is -2.46. The molecule has 0 bridgehead atoms. The van der Waals surface area contributed by atoms with Crippen LogP contribution in [-0.4, -0.2) is 20.8 Å². The third-order valence-electron chi connectivity index (χ3n) is 4.89. The third kappa shape index (κ3) is 5.29. The predicted molar refractivity (Wildman–Crippen MR) is 113 cm³/mol. The van der Waals surface area contributed by atoms with E-state index in [2.05, 4.69) is 24.2 Å². The summed E-state index contributed by atoms with van der Waals surface area (Å²) in [6.45, 7) is 6.36. The summed E-state index contributed by atoms with van der Waals surface area (Å²) in [5.74, 6) is 0.826. The van der Waals surface area contributed by atoms with Gasteiger partial charge in [-0.25, -0.2) is 4.68 Å². The Kier molecular flexibility index (Phi) is 6.63. The van der Waals surface area contributed by atoms with Gasteiger partial charge in [0.1, 0.15) is 5.78 Å². The summed E-state index contributed by atoms with van der Waals surface area (Å²) in [7, 11) is 0. The Balaban J connectivity index is 1.61. The maximum atomic E-state index is 12.5. The minimum atomic E-state index is 0.176. The highest BCUT2D eigenvalue weighted by molar-refractivity contribution is 6.31. The SMILES string of the molecule is Cc1c(Cl)cccc1CC(=O)Cc1ccc(-n2cc(CCC(C)C)nn2)cc1. The summed E-state index contributed by atoms with van der Waals surface area (Å²) in [6.07, 6.45) is 4.82. The molecule has 0 radical (unpaired) electrons. The first kappa shape index (κ1) is 20.3. The zero-order valence-corrected chi connectivity index (χ0v) is 17.4. The predicted octanol–water partition coefficient (Wildman–Crippen LogP) is 5.17. The number of benzene rings is 2. The average molecular weight is 396 g/mol. The molecule has 0 aliphatic carbocycles. The summed E-state index contributed by atoms with van der Waals surface area (Å²) in [6, 6.07) is 13.6. The molecule has 3 rings (SSSR count). The van der Waals surface area contributed by atoms with Gasteiger partial charge in [-0.15, -0.1) is 5.10 Å². The summed E-state index contributed by atoms with van der Waals surface area (Å²) in [4.78, 5) is 12.5. The molecule has 0 amide bonds. The number of carbonyl (C=O) groups is 1. The standard InChI is InChI=1S/C23H26ClN3O/c1-16(2)7-10-20-15-27(26-25-20)21-11-8-18(9-12-21)13-22(28)14-19-5-4-6-23(24)17(19)3/h4-6,8-9,11-12,15-16H,7,10,13-14H2,1-3H3. The highest BCUT2D eigenvalue weighted by Gasteiger charge is 2.10. The lowest BCUT2D eigenvalue weighted by molar-refractivity contribution is -0.117. The highest BCUT2D eigenvalue weighted by Crippen LogP contribution is 2.20. The van der Waals surface area contributed by atoms with Crippen molar-refractivity contribution in [2.75, 3.05) is 0 Å². The Bertz CT molecular complexity index is 945. The largest absolute Gasteiger partial charge is 0.299 e. The first-order valence-corrected chi connectivity index (χ1v) is 10.1. The van der Waals surface area contributed by atoms with Gasteiger partial charge in [0, 0.05) is 17.9 Å². The number of hydrogen-bond donors (Lipinski definition) is 0. The maximum Gasteiger partial charge on any atom is 0.141 e. The van der Waals surface area contributed by atoms with Gasteiger partial charge >= 0.3 is 0 Å². The van der Waals surface area contributed by atoms with E-state index in [1.807, 2.05) is 55.6 Å². The fraction of sp³-hybridized carbons (Fsp3) is 0.348. The maximum absolute atomic E-state index is 12.5. The van der Waals surface area contributed by atoms with Gasteiger partial charge in [0.05, 0.1) is 17.6 Å². The minimum absolute atomic E-state index is 0.176. The normalized spacial score (nSPS) is 11.2. The first-order valence-electron chi connectivity index (χ1n) is 9.68. The van der Waals surface area contributed by atoms with Gasteiger partial charge in [-0.05, 0) is 60.6 Å². The van der Waals surface area contributed by atoms with Crippen LogP contribution in [0.25, 0.3) is 5.69 Å². The zero-order valence-electron chi connectivity index (χ0n) is 16.7. The van der Waals surface area contributed by atoms with Gasteiger partial charge in [0.15, 0.2) is 0 Å². The van der Waals surface area contributed by atoms with Crippen LogP contribution in [0.2, 0.25) is 5.02 Å². The van der Waals surface area contributed by atoms with Gasteiger partial charge in [0.2, 0.25) is 0 Å². The first-order chi connectivity index (χ1) is 13.4. The molecule has 0 aliphatic rings. The second kappa shape index (κ2) is 9.16. The second-order valence-corrected chi connectivity index (χ2v) is 8.08. The molecule has 1 heterocycles. The lowest BCUT2D eigenvalue weighted by Gasteiger charge is -2.07. The summed E-state index contributed by atoms with van der Waals surface area (Å²) < 4.78 is 1.79. The van der Waals surface area contributed by atoms with E-state index in [0.717, 1.165) is 40.9 Å². The summed E-state index contributed by atoms with van der Waals surface area (Å²) >= 11 is 6.15. The van der Waals surface area contributed by atoms with Crippen molar-refractivity contribution in [1.29, 1.82) is 0 Å². The Morgan fingerprint density at radius 3 is 2.57 bits per heavy atom. The molecule has 1 aromatic heterocycles. The smallest absolute Gasteiger partial charge is 0.141 e. The molecule has 0 saturated carbocycles. The van der Waals surface area contributed by atoms with Gasteiger partial charge in [-0.2, -0.15) is 0 Å². The van der Waals surface area contributed by atoms with E-state index in [4.69, 9.17) is 11.6 Å². The molecule has 0 saturated heterocycles. The van der Waals surface area contributed by atoms with E-state index in [1.165, 1.54) is 0 Å². The molecular formula is C23H26ClN3O. The van der Waals surface area contributed by atoms with Crippen molar-refractivity contribution >= 4 is 17.4 Å². The van der Waals surface area contributed by atoms with Crippen LogP contribution >= 0.6 is 11.6 Å². The number of aromatic nitrogens is 3. The number of carbonyl (C=O) groups excluding carboxylic acids is 1. The number of halogens is 1. The monoisotopic (exact) mass is 395 g/mol. The molecule has 0 fully saturated rings. The van der Waals surface area contributed by atoms with Crippen molar-refractivity contribution in [1.82, 2.24) is 15.0 Å². The summed E-state index contributed by atoms with van der Waals surface area (Å²) in [5, 5.41) is 9.17. The van der Waals surface area contributed by atoms with Crippen LogP contribution in [0.5, 0.6) is 0 Å². The van der Waals surface area contributed by atoms with E-state index in [1.54, 1.807) is 4.68 Å². The lowest BCUT2D eigenvalue weighted by Crippen LogP contribution is -2.08. The summed E-state index contributed by atoms with van der Waals surface area (Å²) in [5.41, 5.74) is 4.92. The van der Waals surface area contributed by atoms with Gasteiger partial charge in [0.25, 0.3) is 0 Å². The molecule has 0 atom stereocenters. The molecule has 0 aliphatic heterocycles. The van der Waals surface area contributed by atoms with E-state index >= 15 is 0 Å². The van der Waals surface area contributed by atoms with Crippen molar-refractivity contribution in [3.05, 3.63) is 76.1 Å². The molecule has 2 aromatic carbocycles. The fourth-order valence-corrected chi connectivity index (χ4v) is 3.28. The topological polar surface area (TPSA) is 47.8 Å². The third-order valence-corrected chi connectivity index (χ3v) is 5.30. The molecule has 0 N–H and O–H groups in total. The van der Waals surface area contributed by atoms with Gasteiger partial charge in [-0.1, -0.05) is 54.9 Å². The number of Topliss-reactive ketones (excluding diaryl/α,β-unsaturated/α-hetero) is 1. The van der Waals surface area contributed by atoms with E-state index < -0.39 is 0 Å². The molecule has 146 valence electrons. The number of ketones is 1. The molecule has 0 unspecified atom stereocenters. The van der Waals surface area contributed by atoms with E-state index in [-0.39, 0.29) is 5.78 Å². The van der Waals surface area contributed by atoms with E-state index in [0.29, 0.717) is 23.8 Å². The molecule has 3 aromatic rings. The Morgan fingerprint density at radius 1 is 1.11 bits per heavy atom. The van der Waals surface area contributed by atoms with Gasteiger partial charge < -0.3 is 0 Å². The van der Waals surface area contributed by atoms with Crippen LogP contribution < -0.4 is 0 Å². The number of nitrogens with zero attached hydrogens (tertiary/aromatic N) is 3. The minimum Gasteiger partial charge on any atom is -0.299 e. The van der Waals surface area contributed by atoms with Gasteiger partial charge in [-0.3, -0.25) is 4.79 Å². The van der Waals surface area contributed by atoms with Crippen molar-refractivity contribution in [2.45, 2.75) is 46.5 Å². The Labute approximate surface area is 171 Å². The number of rotatable bonds is 8. The van der Waals surface area contributed by atoms with Crippen LogP contribution in [0.3, 0.4) is 0 Å². The molecule has 28 heavy (non-hydrogen) atoms. The number of aryl methyl sites for hydroxylation is 1. The average Bonchev–Trinajstić information content (AvgIpc) is 3.13. The van der Waals surface area contributed by atoms with Crippen molar-refractivity contribution in [3.8, 4) is 5.69 Å². The van der Waals surface area contributed by atoms with Crippen LogP contribution in [-0.2, 0) is 24.1 Å². The number of hydrogen-bond acceptors (Lipinski definition) is 3. The Morgan fingerprint density at radius 2 is 1.86 bits per heavy atom. The van der Waals surface area contributed by atoms with Crippen LogP contribution in [0.15, 0.2) is 48.7 Å². The lowest BCUT2D eigenvalue weighted by atomic mass is 9.99. The van der Waals surface area contributed by atoms with Crippen molar-refractivity contribution in [2.24, 2.45) is 5.92 Å². The van der Waals surface area contributed by atoms with Crippen LogP contribution in [0, 0.1) is 12.8 Å². The van der Waals surface area contributed by atoms with Crippen molar-refractivity contribution < 1.29 is 4.79 Å². The molecular weight excluding hydrogens is 370 g/mol. The molecule has 5 heteroatoms. The molecule has 0 spiro atoms. The second-order valence-electron chi connectivity index (χ2n) is 7.67. The zero-order chi connectivity index (χ0) is 20.1. The molecule has 4 nitrogen and oxygen atoms in total. The highest BCUT2D eigenvalue weighted by atomic mass is 35.5. The van der Waals surface area contributed by atoms with E-state index in [9.17, 15) is 4.79 Å². The van der Waals surface area contributed by atoms with Crippen molar-refractivity contribution in [3.63, 3.8) is 0 Å². The fourth-order valence-electron chi connectivity index (χ4n) is 3.09. The quantitative estimate of drug-likeness (QED) is 0.528.